The molecule has 19 heavy (non-hydrogen) atoms. The second-order valence-corrected chi connectivity index (χ2v) is 4.96. The maximum Gasteiger partial charge on any atom is 0.335 e. The molecule has 0 amide bonds. The fourth-order valence-corrected chi connectivity index (χ4v) is 2.62. The highest BCUT2D eigenvalue weighted by molar-refractivity contribution is 5.88. The zero-order chi connectivity index (χ0) is 13.7. The van der Waals surface area contributed by atoms with Crippen LogP contribution in [0.1, 0.15) is 48.5 Å². The van der Waals surface area contributed by atoms with Gasteiger partial charge in [0, 0.05) is 0 Å². The quantitative estimate of drug-likeness (QED) is 0.872. The Kier molecular flexibility index (Phi) is 4.74. The van der Waals surface area contributed by atoms with Gasteiger partial charge in [0.2, 0.25) is 0 Å². The maximum atomic E-state index is 10.9. The summed E-state index contributed by atoms with van der Waals surface area (Å²) in [4.78, 5) is 10.9. The molecule has 1 heterocycles. The van der Waals surface area contributed by atoms with Crippen LogP contribution in [0.4, 0.5) is 0 Å². The number of hydrogen-bond donors (Lipinski definition) is 2. The monoisotopic (exact) mass is 259 g/mol. The van der Waals surface area contributed by atoms with Crippen molar-refractivity contribution in [1.29, 1.82) is 0 Å². The van der Waals surface area contributed by atoms with E-state index >= 15 is 0 Å². The molecule has 0 unspecified atom stereocenters. The van der Waals surface area contributed by atoms with E-state index in [9.17, 15) is 4.79 Å². The minimum atomic E-state index is -0.863. The first-order valence-corrected chi connectivity index (χ1v) is 6.97. The van der Waals surface area contributed by atoms with Crippen LogP contribution in [0.2, 0.25) is 0 Å². The number of benzene rings is 1. The molecule has 0 aromatic heterocycles. The molecule has 1 aliphatic rings. The van der Waals surface area contributed by atoms with Crippen LogP contribution in [-0.4, -0.2) is 24.2 Å². The second kappa shape index (κ2) is 6.53. The van der Waals surface area contributed by atoms with Gasteiger partial charge >= 0.3 is 5.97 Å². The van der Waals surface area contributed by atoms with Gasteiger partial charge in [0.15, 0.2) is 0 Å². The first-order chi connectivity index (χ1) is 9.22. The fourth-order valence-electron chi connectivity index (χ4n) is 2.62. The SMILES string of the molecule is CCCC(=C1CCNCC1)c1ccc(C(=O)O)cc1. The van der Waals surface area contributed by atoms with Crippen molar-refractivity contribution in [2.75, 3.05) is 13.1 Å². The molecule has 3 heteroatoms. The minimum Gasteiger partial charge on any atom is -0.478 e. The summed E-state index contributed by atoms with van der Waals surface area (Å²) in [6.45, 7) is 4.29. The molecule has 0 aliphatic carbocycles. The lowest BCUT2D eigenvalue weighted by Crippen LogP contribution is -2.23. The van der Waals surface area contributed by atoms with Crippen LogP contribution >= 0.6 is 0 Å². The Hall–Kier alpha value is -1.61. The van der Waals surface area contributed by atoms with Crippen molar-refractivity contribution < 1.29 is 9.90 Å². The summed E-state index contributed by atoms with van der Waals surface area (Å²) in [6, 6.07) is 7.30. The molecule has 1 aromatic carbocycles. The van der Waals surface area contributed by atoms with E-state index in [4.69, 9.17) is 5.11 Å². The van der Waals surface area contributed by atoms with Crippen LogP contribution in [0.25, 0.3) is 5.57 Å². The number of hydrogen-bond acceptors (Lipinski definition) is 2. The molecule has 0 bridgehead atoms. The first kappa shape index (κ1) is 13.8. The van der Waals surface area contributed by atoms with Crippen LogP contribution in [0, 0.1) is 0 Å². The first-order valence-electron chi connectivity index (χ1n) is 6.97. The Balaban J connectivity index is 2.30. The van der Waals surface area contributed by atoms with E-state index < -0.39 is 5.97 Å². The summed E-state index contributed by atoms with van der Waals surface area (Å²) in [6.07, 6.45) is 4.40. The Morgan fingerprint density at radius 2 is 1.74 bits per heavy atom. The zero-order valence-electron chi connectivity index (χ0n) is 11.4. The van der Waals surface area contributed by atoms with Gasteiger partial charge in [-0.3, -0.25) is 0 Å². The van der Waals surface area contributed by atoms with E-state index in [-0.39, 0.29) is 0 Å². The van der Waals surface area contributed by atoms with Gasteiger partial charge in [-0.15, -0.1) is 0 Å². The summed E-state index contributed by atoms with van der Waals surface area (Å²) in [5, 5.41) is 12.3. The number of piperidine rings is 1. The molecule has 0 spiro atoms. The summed E-state index contributed by atoms with van der Waals surface area (Å²) in [7, 11) is 0. The van der Waals surface area contributed by atoms with Crippen molar-refractivity contribution in [3.8, 4) is 0 Å². The van der Waals surface area contributed by atoms with E-state index in [0.717, 1.165) is 38.8 Å². The Labute approximate surface area is 114 Å². The van der Waals surface area contributed by atoms with E-state index in [1.165, 1.54) is 16.7 Å². The van der Waals surface area contributed by atoms with Gasteiger partial charge < -0.3 is 10.4 Å². The summed E-state index contributed by atoms with van der Waals surface area (Å²) in [5.41, 5.74) is 4.49. The summed E-state index contributed by atoms with van der Waals surface area (Å²) < 4.78 is 0. The molecule has 2 N–H and O–H groups in total. The van der Waals surface area contributed by atoms with Crippen LogP contribution < -0.4 is 5.32 Å². The van der Waals surface area contributed by atoms with Gasteiger partial charge in [0.05, 0.1) is 5.56 Å². The highest BCUT2D eigenvalue weighted by atomic mass is 16.4. The molecule has 0 atom stereocenters. The van der Waals surface area contributed by atoms with Crippen LogP contribution in [0.5, 0.6) is 0 Å². The fraction of sp³-hybridized carbons (Fsp3) is 0.438. The standard InChI is InChI=1S/C16H21NO2/c1-2-3-15(13-8-10-17-11-9-13)12-4-6-14(7-5-12)16(18)19/h4-7,17H,2-3,8-11H2,1H3,(H,18,19). The highest BCUT2D eigenvalue weighted by Crippen LogP contribution is 2.28. The molecule has 1 saturated heterocycles. The molecule has 0 radical (unpaired) electrons. The van der Waals surface area contributed by atoms with E-state index in [2.05, 4.69) is 12.2 Å². The lowest BCUT2D eigenvalue weighted by molar-refractivity contribution is 0.0697. The molecule has 1 aliphatic heterocycles. The number of nitrogens with one attached hydrogen (secondary N) is 1. The largest absolute Gasteiger partial charge is 0.478 e. The van der Waals surface area contributed by atoms with Crippen molar-refractivity contribution in [3.05, 3.63) is 41.0 Å². The lowest BCUT2D eigenvalue weighted by Gasteiger charge is -2.20. The maximum absolute atomic E-state index is 10.9. The number of allylic oxidation sites excluding steroid dienone is 1. The molecule has 102 valence electrons. The molecule has 2 rings (SSSR count). The van der Waals surface area contributed by atoms with Crippen molar-refractivity contribution in [2.24, 2.45) is 0 Å². The van der Waals surface area contributed by atoms with Gasteiger partial charge in [-0.1, -0.05) is 31.1 Å². The zero-order valence-corrected chi connectivity index (χ0v) is 11.4. The third-order valence-electron chi connectivity index (χ3n) is 3.61. The second-order valence-electron chi connectivity index (χ2n) is 4.96. The number of carboxylic acid groups (broad SMARTS) is 1. The van der Waals surface area contributed by atoms with Crippen molar-refractivity contribution >= 4 is 11.5 Å². The van der Waals surface area contributed by atoms with Crippen LogP contribution in [-0.2, 0) is 0 Å². The lowest BCUT2D eigenvalue weighted by atomic mass is 9.90. The van der Waals surface area contributed by atoms with Crippen LogP contribution in [0.15, 0.2) is 29.8 Å². The number of carbonyl (C=O) groups is 1. The van der Waals surface area contributed by atoms with E-state index in [1.807, 2.05) is 12.1 Å². The minimum absolute atomic E-state index is 0.356. The topological polar surface area (TPSA) is 49.3 Å². The molecular formula is C16H21NO2. The Bertz CT molecular complexity index is 466. The van der Waals surface area contributed by atoms with Gasteiger partial charge in [0.1, 0.15) is 0 Å². The number of carboxylic acids is 1. The third kappa shape index (κ3) is 3.44. The predicted molar refractivity (Wildman–Crippen MR) is 77.3 cm³/mol. The summed E-state index contributed by atoms with van der Waals surface area (Å²) >= 11 is 0. The van der Waals surface area contributed by atoms with E-state index in [1.54, 1.807) is 12.1 Å². The van der Waals surface area contributed by atoms with Gasteiger partial charge in [0.25, 0.3) is 0 Å². The normalized spacial score (nSPS) is 15.3. The van der Waals surface area contributed by atoms with Crippen molar-refractivity contribution in [3.63, 3.8) is 0 Å². The summed E-state index contributed by atoms with van der Waals surface area (Å²) in [5.74, 6) is -0.863. The average molecular weight is 259 g/mol. The molecule has 1 fully saturated rings. The average Bonchev–Trinajstić information content (AvgIpc) is 2.46. The molecule has 3 nitrogen and oxygen atoms in total. The number of rotatable bonds is 4. The third-order valence-corrected chi connectivity index (χ3v) is 3.61. The Morgan fingerprint density at radius 1 is 1.16 bits per heavy atom. The van der Waals surface area contributed by atoms with Gasteiger partial charge in [-0.2, -0.15) is 0 Å². The molecule has 0 saturated carbocycles. The predicted octanol–water partition coefficient (Wildman–Crippen LogP) is 3.32. The van der Waals surface area contributed by atoms with Gasteiger partial charge in [-0.05, 0) is 55.6 Å². The van der Waals surface area contributed by atoms with Crippen LogP contribution in [0.3, 0.4) is 0 Å². The van der Waals surface area contributed by atoms with Gasteiger partial charge in [-0.25, -0.2) is 4.79 Å². The number of aromatic carboxylic acids is 1. The van der Waals surface area contributed by atoms with Crippen molar-refractivity contribution in [2.45, 2.75) is 32.6 Å². The van der Waals surface area contributed by atoms with E-state index in [0.29, 0.717) is 5.56 Å². The smallest absolute Gasteiger partial charge is 0.335 e. The molecule has 1 aromatic rings. The molecular weight excluding hydrogens is 238 g/mol. The highest BCUT2D eigenvalue weighted by Gasteiger charge is 2.12. The van der Waals surface area contributed by atoms with Crippen molar-refractivity contribution in [1.82, 2.24) is 5.32 Å². The Morgan fingerprint density at radius 3 is 2.26 bits per heavy atom.